The fourth-order valence-electron chi connectivity index (χ4n) is 2.59. The number of hydrogen-bond donors (Lipinski definition) is 2. The van der Waals surface area contributed by atoms with Gasteiger partial charge in [0, 0.05) is 23.5 Å². The first-order valence-electron chi connectivity index (χ1n) is 9.12. The third-order valence-electron chi connectivity index (χ3n) is 4.69. The summed E-state index contributed by atoms with van der Waals surface area (Å²) in [5.74, 6) is 0.345. The fraction of sp³-hybridized carbons (Fsp3) is 0.500. The Morgan fingerprint density at radius 1 is 1.23 bits per heavy atom. The van der Waals surface area contributed by atoms with Crippen LogP contribution in [0.4, 0.5) is 0 Å². The van der Waals surface area contributed by atoms with E-state index < -0.39 is 0 Å². The first-order valence-corrected chi connectivity index (χ1v) is 9.12. The maximum Gasteiger partial charge on any atom is 0.252 e. The highest BCUT2D eigenvalue weighted by molar-refractivity contribution is 6.06. The van der Waals surface area contributed by atoms with Crippen molar-refractivity contribution in [3.63, 3.8) is 0 Å². The molecule has 6 heteroatoms. The summed E-state index contributed by atoms with van der Waals surface area (Å²) < 4.78 is 5.72. The molecular weight excluding hydrogens is 350 g/mol. The van der Waals surface area contributed by atoms with Crippen molar-refractivity contribution in [3.05, 3.63) is 35.9 Å². The molecular formula is C20H30ClN3O2. The summed E-state index contributed by atoms with van der Waals surface area (Å²) in [6, 6.07) is 9.34. The lowest BCUT2D eigenvalue weighted by atomic mass is 9.94. The van der Waals surface area contributed by atoms with Crippen LogP contribution in [0.1, 0.15) is 56.8 Å². The van der Waals surface area contributed by atoms with Crippen LogP contribution in [-0.2, 0) is 0 Å². The van der Waals surface area contributed by atoms with Crippen molar-refractivity contribution in [2.24, 2.45) is 5.73 Å². The molecule has 0 unspecified atom stereocenters. The molecule has 1 heterocycles. The molecule has 0 fully saturated rings. The number of amides is 1. The number of ether oxygens (including phenoxy) is 1. The van der Waals surface area contributed by atoms with E-state index in [0.29, 0.717) is 24.6 Å². The summed E-state index contributed by atoms with van der Waals surface area (Å²) in [7, 11) is 0. The molecule has 3 N–H and O–H groups in total. The third-order valence-corrected chi connectivity index (χ3v) is 4.69. The molecule has 0 saturated heterocycles. The molecule has 0 saturated carbocycles. The Hall–Kier alpha value is -1.85. The van der Waals surface area contributed by atoms with Crippen molar-refractivity contribution in [1.29, 1.82) is 0 Å². The smallest absolute Gasteiger partial charge is 0.252 e. The number of carbonyl (C=O) groups excluding carboxylic acids is 1. The van der Waals surface area contributed by atoms with Crippen LogP contribution in [-0.4, -0.2) is 29.6 Å². The number of hydrogen-bond acceptors (Lipinski definition) is 4. The van der Waals surface area contributed by atoms with E-state index in [2.05, 4.69) is 17.2 Å². The second-order valence-electron chi connectivity index (χ2n) is 6.48. The van der Waals surface area contributed by atoms with E-state index in [1.54, 1.807) is 6.07 Å². The highest BCUT2D eigenvalue weighted by Gasteiger charge is 2.22. The number of halogens is 1. The molecule has 0 aliphatic carbocycles. The Morgan fingerprint density at radius 3 is 2.58 bits per heavy atom. The van der Waals surface area contributed by atoms with Crippen LogP contribution >= 0.6 is 12.4 Å². The molecule has 0 bridgehead atoms. The zero-order chi connectivity index (χ0) is 18.3. The van der Waals surface area contributed by atoms with Crippen molar-refractivity contribution in [2.45, 2.75) is 52.0 Å². The standard InChI is InChI=1S/C20H29N3O2.ClH/c1-4-7-12-25-18-13-16(15-10-8-9-11-17(15)23-18)19(24)22-14-20(21,5-2)6-3;/h8-11,13H,4-7,12,14,21H2,1-3H3,(H,22,24);1H. The van der Waals surface area contributed by atoms with E-state index in [0.717, 1.165) is 36.6 Å². The summed E-state index contributed by atoms with van der Waals surface area (Å²) in [6.07, 6.45) is 3.63. The van der Waals surface area contributed by atoms with Crippen LogP contribution in [0.3, 0.4) is 0 Å². The number of benzene rings is 1. The van der Waals surface area contributed by atoms with Gasteiger partial charge in [-0.1, -0.05) is 45.4 Å². The van der Waals surface area contributed by atoms with Gasteiger partial charge in [0.2, 0.25) is 5.88 Å². The van der Waals surface area contributed by atoms with Crippen molar-refractivity contribution in [3.8, 4) is 5.88 Å². The van der Waals surface area contributed by atoms with Gasteiger partial charge in [-0.15, -0.1) is 12.4 Å². The molecule has 1 amide bonds. The Morgan fingerprint density at radius 2 is 1.92 bits per heavy atom. The molecule has 2 rings (SSSR count). The number of para-hydroxylation sites is 1. The first-order chi connectivity index (χ1) is 12.0. The summed E-state index contributed by atoms with van der Waals surface area (Å²) in [6.45, 7) is 7.23. The zero-order valence-electron chi connectivity index (χ0n) is 15.9. The molecule has 26 heavy (non-hydrogen) atoms. The molecule has 0 atom stereocenters. The fourth-order valence-corrected chi connectivity index (χ4v) is 2.59. The van der Waals surface area contributed by atoms with Crippen LogP contribution in [0.15, 0.2) is 30.3 Å². The number of pyridine rings is 1. The summed E-state index contributed by atoms with van der Waals surface area (Å²) in [4.78, 5) is 17.3. The molecule has 0 aliphatic rings. The number of nitrogens with zero attached hydrogens (tertiary/aromatic N) is 1. The van der Waals surface area contributed by atoms with Crippen LogP contribution in [0.2, 0.25) is 0 Å². The van der Waals surface area contributed by atoms with Gasteiger partial charge >= 0.3 is 0 Å². The molecule has 1 aromatic carbocycles. The van der Waals surface area contributed by atoms with E-state index in [4.69, 9.17) is 10.5 Å². The predicted octanol–water partition coefficient (Wildman–Crippen LogP) is 4.08. The van der Waals surface area contributed by atoms with Crippen LogP contribution in [0.5, 0.6) is 5.88 Å². The number of aromatic nitrogens is 1. The monoisotopic (exact) mass is 379 g/mol. The number of unbranched alkanes of at least 4 members (excludes halogenated alkanes) is 1. The number of nitrogens with two attached hydrogens (primary N) is 1. The van der Waals surface area contributed by atoms with E-state index in [1.165, 1.54) is 0 Å². The van der Waals surface area contributed by atoms with Crippen molar-refractivity contribution >= 4 is 29.2 Å². The second-order valence-corrected chi connectivity index (χ2v) is 6.48. The molecule has 144 valence electrons. The SMILES string of the molecule is CCCCOc1cc(C(=O)NCC(N)(CC)CC)c2ccccc2n1.Cl. The highest BCUT2D eigenvalue weighted by Crippen LogP contribution is 2.22. The highest BCUT2D eigenvalue weighted by atomic mass is 35.5. The van der Waals surface area contributed by atoms with E-state index >= 15 is 0 Å². The van der Waals surface area contributed by atoms with E-state index in [1.807, 2.05) is 38.1 Å². The molecule has 0 spiro atoms. The average Bonchev–Trinajstić information content (AvgIpc) is 2.65. The Labute approximate surface area is 162 Å². The largest absolute Gasteiger partial charge is 0.478 e. The lowest BCUT2D eigenvalue weighted by Crippen LogP contribution is -2.49. The summed E-state index contributed by atoms with van der Waals surface area (Å²) in [5, 5.41) is 3.80. The number of fused-ring (bicyclic) bond motifs is 1. The normalized spacial score (nSPS) is 11.1. The molecule has 0 aliphatic heterocycles. The Balaban J connectivity index is 0.00000338. The second kappa shape index (κ2) is 10.3. The number of nitrogens with one attached hydrogen (secondary N) is 1. The van der Waals surface area contributed by atoms with Crippen molar-refractivity contribution < 1.29 is 9.53 Å². The summed E-state index contributed by atoms with van der Waals surface area (Å²) in [5.41, 5.74) is 7.25. The summed E-state index contributed by atoms with van der Waals surface area (Å²) >= 11 is 0. The van der Waals surface area contributed by atoms with Gasteiger partial charge in [0.15, 0.2) is 0 Å². The minimum Gasteiger partial charge on any atom is -0.478 e. The minimum atomic E-state index is -0.376. The lowest BCUT2D eigenvalue weighted by molar-refractivity contribution is 0.0943. The zero-order valence-corrected chi connectivity index (χ0v) is 16.7. The number of carbonyl (C=O) groups is 1. The van der Waals surface area contributed by atoms with Crippen LogP contribution < -0.4 is 15.8 Å². The van der Waals surface area contributed by atoms with Crippen LogP contribution in [0, 0.1) is 0 Å². The van der Waals surface area contributed by atoms with Gasteiger partial charge in [-0.05, 0) is 25.3 Å². The predicted molar refractivity (Wildman–Crippen MR) is 109 cm³/mol. The maximum atomic E-state index is 12.8. The minimum absolute atomic E-state index is 0. The first kappa shape index (κ1) is 22.2. The van der Waals surface area contributed by atoms with Gasteiger partial charge in [0.1, 0.15) is 0 Å². The van der Waals surface area contributed by atoms with E-state index in [-0.39, 0.29) is 23.9 Å². The average molecular weight is 380 g/mol. The van der Waals surface area contributed by atoms with Gasteiger partial charge < -0.3 is 15.8 Å². The molecule has 0 radical (unpaired) electrons. The third kappa shape index (κ3) is 5.58. The van der Waals surface area contributed by atoms with Gasteiger partial charge in [-0.25, -0.2) is 4.98 Å². The van der Waals surface area contributed by atoms with E-state index in [9.17, 15) is 4.79 Å². The van der Waals surface area contributed by atoms with Crippen molar-refractivity contribution in [1.82, 2.24) is 10.3 Å². The van der Waals surface area contributed by atoms with Gasteiger partial charge in [0.05, 0.1) is 17.7 Å². The van der Waals surface area contributed by atoms with Crippen LogP contribution in [0.25, 0.3) is 10.9 Å². The maximum absolute atomic E-state index is 12.8. The van der Waals surface area contributed by atoms with Gasteiger partial charge in [-0.2, -0.15) is 0 Å². The Bertz CT molecular complexity index is 717. The topological polar surface area (TPSA) is 77.2 Å². The quantitative estimate of drug-likeness (QED) is 0.643. The van der Waals surface area contributed by atoms with Crippen molar-refractivity contribution in [2.75, 3.05) is 13.2 Å². The molecule has 5 nitrogen and oxygen atoms in total. The molecule has 2 aromatic rings. The lowest BCUT2D eigenvalue weighted by Gasteiger charge is -2.26. The Kier molecular flexibility index (Phi) is 8.82. The van der Waals surface area contributed by atoms with Gasteiger partial charge in [0.25, 0.3) is 5.91 Å². The van der Waals surface area contributed by atoms with Gasteiger partial charge in [-0.3, -0.25) is 4.79 Å². The molecule has 1 aromatic heterocycles. The number of rotatable bonds is 9.